The van der Waals surface area contributed by atoms with E-state index in [1.807, 2.05) is 0 Å². The maximum Gasteiger partial charge on any atom is 0.304 e. The van der Waals surface area contributed by atoms with Gasteiger partial charge in [0, 0.05) is 25.7 Å². The van der Waals surface area contributed by atoms with Gasteiger partial charge in [-0.15, -0.1) is 0 Å². The van der Waals surface area contributed by atoms with Crippen LogP contribution < -0.4 is 0 Å². The summed E-state index contributed by atoms with van der Waals surface area (Å²) in [4.78, 5) is 23.7. The molecule has 4 aliphatic carbocycles. The molecule has 6 fully saturated rings. The number of fused-ring (bicyclic) bond motifs is 7. The van der Waals surface area contributed by atoms with Crippen molar-refractivity contribution < 1.29 is 28.5 Å². The summed E-state index contributed by atoms with van der Waals surface area (Å²) in [5, 5.41) is 0. The van der Waals surface area contributed by atoms with E-state index in [1.54, 1.807) is 6.92 Å². The van der Waals surface area contributed by atoms with Gasteiger partial charge in [-0.05, 0) is 108 Å². The first-order valence-electron chi connectivity index (χ1n) is 14.7. The first-order valence-corrected chi connectivity index (χ1v) is 15.5. The first kappa shape index (κ1) is 26.6. The van der Waals surface area contributed by atoms with Gasteiger partial charge in [0.2, 0.25) is 10.3 Å². The quantitative estimate of drug-likeness (QED) is 0.284. The van der Waals surface area contributed by atoms with Gasteiger partial charge in [-0.2, -0.15) is 0 Å². The van der Waals surface area contributed by atoms with Gasteiger partial charge < -0.3 is 18.9 Å². The molecule has 6 aliphatic rings. The molecule has 6 nitrogen and oxygen atoms in total. The van der Waals surface area contributed by atoms with E-state index in [0.29, 0.717) is 29.8 Å². The molecule has 0 radical (unpaired) electrons. The standard InChI is InChI=1S/C30H45BrO6/c1-16-15-34-30(29(16,31)36-19(4)33)17(2)26-25(37-30)14-24-22-8-7-20-13-21(35-18(3)32)9-11-27(20,5)23(22)10-12-28(24,26)6/h16-17,20-26H,7-15H2,1-6H3/t16-,17-,20+,21+,22+,23-,24-,25-,26-,27-,28-,29-,30-/m0/s1. The van der Waals surface area contributed by atoms with Crippen LogP contribution in [0.2, 0.25) is 0 Å². The summed E-state index contributed by atoms with van der Waals surface area (Å²) in [5.41, 5.74) is 0.544. The van der Waals surface area contributed by atoms with E-state index in [9.17, 15) is 9.59 Å². The molecule has 0 N–H and O–H groups in total. The van der Waals surface area contributed by atoms with E-state index < -0.39 is 10.3 Å². The van der Waals surface area contributed by atoms with Crippen molar-refractivity contribution in [2.75, 3.05) is 6.61 Å². The molecule has 2 heterocycles. The lowest BCUT2D eigenvalue weighted by atomic mass is 9.44. The van der Waals surface area contributed by atoms with Crippen LogP contribution >= 0.6 is 15.9 Å². The molecule has 37 heavy (non-hydrogen) atoms. The summed E-state index contributed by atoms with van der Waals surface area (Å²) in [6.07, 6.45) is 9.54. The van der Waals surface area contributed by atoms with Crippen LogP contribution in [-0.2, 0) is 28.5 Å². The van der Waals surface area contributed by atoms with Gasteiger partial charge in [0.05, 0.1) is 12.7 Å². The molecule has 7 heteroatoms. The van der Waals surface area contributed by atoms with Gasteiger partial charge in [0.15, 0.2) is 0 Å². The summed E-state index contributed by atoms with van der Waals surface area (Å²) in [6.45, 7) is 13.0. The normalized spacial score (nSPS) is 56.2. The summed E-state index contributed by atoms with van der Waals surface area (Å²) in [7, 11) is 0. The minimum Gasteiger partial charge on any atom is -0.463 e. The molecule has 208 valence electrons. The lowest BCUT2D eigenvalue weighted by Crippen LogP contribution is -2.58. The molecule has 1 spiro atoms. The second kappa shape index (κ2) is 8.67. The van der Waals surface area contributed by atoms with Crippen LogP contribution in [0.4, 0.5) is 0 Å². The van der Waals surface area contributed by atoms with Gasteiger partial charge in [-0.25, -0.2) is 0 Å². The predicted octanol–water partition coefficient (Wildman–Crippen LogP) is 6.24. The Bertz CT molecular complexity index is 972. The fourth-order valence-corrected chi connectivity index (χ4v) is 11.8. The Labute approximate surface area is 230 Å². The molecule has 0 aromatic carbocycles. The van der Waals surface area contributed by atoms with Crippen molar-refractivity contribution in [1.29, 1.82) is 0 Å². The summed E-state index contributed by atoms with van der Waals surface area (Å²) in [6, 6.07) is 0. The molecule has 0 bridgehead atoms. The second-order valence-corrected chi connectivity index (χ2v) is 15.2. The molecule has 2 saturated heterocycles. The van der Waals surface area contributed by atoms with Crippen molar-refractivity contribution >= 4 is 27.9 Å². The number of alkyl halides is 1. The highest BCUT2D eigenvalue weighted by atomic mass is 79.9. The largest absolute Gasteiger partial charge is 0.463 e. The van der Waals surface area contributed by atoms with Crippen LogP contribution in [0.3, 0.4) is 0 Å². The lowest BCUT2D eigenvalue weighted by molar-refractivity contribution is -0.269. The van der Waals surface area contributed by atoms with Crippen LogP contribution in [0.1, 0.15) is 92.9 Å². The molecule has 0 aromatic rings. The van der Waals surface area contributed by atoms with E-state index >= 15 is 0 Å². The first-order chi connectivity index (χ1) is 17.4. The average molecular weight is 582 g/mol. The third kappa shape index (κ3) is 3.54. The molecule has 0 amide bonds. The number of hydrogen-bond donors (Lipinski definition) is 0. The van der Waals surface area contributed by atoms with E-state index in [-0.39, 0.29) is 41.4 Å². The Hall–Kier alpha value is -0.660. The number of hydrogen-bond acceptors (Lipinski definition) is 6. The molecule has 13 atom stereocenters. The highest BCUT2D eigenvalue weighted by Gasteiger charge is 2.76. The Kier molecular flexibility index (Phi) is 6.22. The molecule has 0 unspecified atom stereocenters. The van der Waals surface area contributed by atoms with Gasteiger partial charge in [-0.1, -0.05) is 27.7 Å². The maximum atomic E-state index is 12.1. The topological polar surface area (TPSA) is 71.1 Å². The van der Waals surface area contributed by atoms with Crippen molar-refractivity contribution in [2.24, 2.45) is 52.3 Å². The highest BCUT2D eigenvalue weighted by molar-refractivity contribution is 9.10. The van der Waals surface area contributed by atoms with E-state index in [0.717, 1.165) is 31.1 Å². The Morgan fingerprint density at radius 1 is 0.919 bits per heavy atom. The molecular formula is C30H45BrO6. The van der Waals surface area contributed by atoms with Crippen molar-refractivity contribution in [2.45, 2.75) is 115 Å². The van der Waals surface area contributed by atoms with Gasteiger partial charge in [0.1, 0.15) is 6.10 Å². The van der Waals surface area contributed by atoms with Crippen LogP contribution in [-0.4, -0.2) is 41.1 Å². The number of carbonyl (C=O) groups is 2. The Morgan fingerprint density at radius 3 is 2.35 bits per heavy atom. The molecule has 2 aliphatic heterocycles. The monoisotopic (exact) mass is 580 g/mol. The van der Waals surface area contributed by atoms with Gasteiger partial charge in [0.25, 0.3) is 0 Å². The summed E-state index contributed by atoms with van der Waals surface area (Å²) >= 11 is 3.85. The highest BCUT2D eigenvalue weighted by Crippen LogP contribution is 2.73. The van der Waals surface area contributed by atoms with Gasteiger partial charge >= 0.3 is 11.9 Å². The Balaban J connectivity index is 1.24. The van der Waals surface area contributed by atoms with Crippen molar-refractivity contribution in [1.82, 2.24) is 0 Å². The third-order valence-corrected chi connectivity index (χ3v) is 13.9. The number of halogens is 1. The predicted molar refractivity (Wildman–Crippen MR) is 141 cm³/mol. The fraction of sp³-hybridized carbons (Fsp3) is 0.933. The van der Waals surface area contributed by atoms with Crippen molar-refractivity contribution in [3.05, 3.63) is 0 Å². The third-order valence-electron chi connectivity index (χ3n) is 12.4. The smallest absolute Gasteiger partial charge is 0.304 e. The summed E-state index contributed by atoms with van der Waals surface area (Å²) in [5.74, 6) is 1.93. The number of esters is 2. The second-order valence-electron chi connectivity index (χ2n) is 14.0. The minimum atomic E-state index is -0.954. The maximum absolute atomic E-state index is 12.1. The van der Waals surface area contributed by atoms with Crippen molar-refractivity contribution in [3.63, 3.8) is 0 Å². The van der Waals surface area contributed by atoms with E-state index in [4.69, 9.17) is 18.9 Å². The zero-order valence-corrected chi connectivity index (χ0v) is 25.0. The summed E-state index contributed by atoms with van der Waals surface area (Å²) < 4.78 is 24.1. The van der Waals surface area contributed by atoms with Crippen molar-refractivity contribution in [3.8, 4) is 0 Å². The van der Waals surface area contributed by atoms with E-state index in [1.165, 1.54) is 39.0 Å². The SMILES string of the molecule is CC(=O)O[C@@H]1CC[C@@]2(C)[C@H](CC[C@@H]3[C@@H]2CC[C@]2(C)[C@@H]4[C@H](C[C@@H]32)O[C@@]2(OC[C@H](C)[C@]2(Br)OC(C)=O)[C@H]4C)C1. The van der Waals surface area contributed by atoms with Gasteiger partial charge in [-0.3, -0.25) is 9.59 Å². The fourth-order valence-electron chi connectivity index (χ4n) is 10.9. The zero-order valence-electron chi connectivity index (χ0n) is 23.4. The molecule has 4 saturated carbocycles. The van der Waals surface area contributed by atoms with Crippen LogP contribution in [0.5, 0.6) is 0 Å². The number of rotatable bonds is 2. The molecule has 6 rings (SSSR count). The minimum absolute atomic E-state index is 0.00866. The Morgan fingerprint density at radius 2 is 1.65 bits per heavy atom. The number of carbonyl (C=O) groups excluding carboxylic acids is 2. The number of ether oxygens (including phenoxy) is 4. The molecular weight excluding hydrogens is 536 g/mol. The van der Waals surface area contributed by atoms with Crippen LogP contribution in [0.15, 0.2) is 0 Å². The van der Waals surface area contributed by atoms with E-state index in [2.05, 4.69) is 43.6 Å². The van der Waals surface area contributed by atoms with Crippen LogP contribution in [0, 0.1) is 52.3 Å². The zero-order chi connectivity index (χ0) is 26.5. The molecule has 0 aromatic heterocycles. The van der Waals surface area contributed by atoms with Crippen LogP contribution in [0.25, 0.3) is 0 Å². The lowest BCUT2D eigenvalue weighted by Gasteiger charge is -2.61. The average Bonchev–Trinajstić information content (AvgIpc) is 3.36.